The molecule has 1 aromatic heterocycles. The van der Waals surface area contributed by atoms with Gasteiger partial charge in [-0.1, -0.05) is 34.8 Å². The van der Waals surface area contributed by atoms with Gasteiger partial charge in [0.05, 0.1) is 0 Å². The Morgan fingerprint density at radius 3 is 2.41 bits per heavy atom. The van der Waals surface area contributed by atoms with Crippen LogP contribution in [-0.4, -0.2) is 35.1 Å². The first-order valence-corrected chi connectivity index (χ1v) is 5.65. The van der Waals surface area contributed by atoms with E-state index in [4.69, 9.17) is 39.5 Å². The molecule has 0 radical (unpaired) electrons. The van der Waals surface area contributed by atoms with E-state index < -0.39 is 9.89 Å². The Kier molecular flexibility index (Phi) is 4.41. The molecule has 17 heavy (non-hydrogen) atoms. The number of carbonyl (C=O) groups is 1. The molecule has 0 aliphatic carbocycles. The van der Waals surface area contributed by atoms with Crippen LogP contribution in [0.2, 0.25) is 0 Å². The summed E-state index contributed by atoms with van der Waals surface area (Å²) in [4.78, 5) is 20.4. The molecule has 1 aromatic rings. The molecule has 0 saturated heterocycles. The maximum absolute atomic E-state index is 11.3. The van der Waals surface area contributed by atoms with Crippen LogP contribution in [0, 0.1) is 6.92 Å². The molecule has 5 nitrogen and oxygen atoms in total. The van der Waals surface area contributed by atoms with Crippen molar-refractivity contribution in [2.45, 2.75) is 10.7 Å². The molecule has 8 heteroatoms. The number of rotatable bonds is 1. The largest absolute Gasteiger partial charge is 0.416 e. The predicted octanol–water partition coefficient (Wildman–Crippen LogP) is 2.67. The Labute approximate surface area is 114 Å². The summed E-state index contributed by atoms with van der Waals surface area (Å²) in [7, 11) is 3.10. The van der Waals surface area contributed by atoms with Crippen LogP contribution in [0.3, 0.4) is 0 Å². The van der Waals surface area contributed by atoms with Crippen molar-refractivity contribution in [2.75, 3.05) is 14.1 Å². The molecule has 94 valence electrons. The lowest BCUT2D eigenvalue weighted by Crippen LogP contribution is -2.26. The molecule has 0 atom stereocenters. The van der Waals surface area contributed by atoms with Crippen LogP contribution < -0.4 is 4.74 Å². The average Bonchev–Trinajstić information content (AvgIpc) is 2.15. The van der Waals surface area contributed by atoms with E-state index in [1.165, 1.54) is 11.0 Å². The summed E-state index contributed by atoms with van der Waals surface area (Å²) in [6, 6.07) is 1.47. The zero-order chi connectivity index (χ0) is 13.2. The monoisotopic (exact) mass is 297 g/mol. The molecular weight excluding hydrogens is 288 g/mol. The zero-order valence-electron chi connectivity index (χ0n) is 9.37. The van der Waals surface area contributed by atoms with E-state index in [1.54, 1.807) is 21.0 Å². The van der Waals surface area contributed by atoms with Crippen molar-refractivity contribution in [3.63, 3.8) is 0 Å². The lowest BCUT2D eigenvalue weighted by atomic mass is 10.4. The van der Waals surface area contributed by atoms with Crippen LogP contribution in [0.4, 0.5) is 4.79 Å². The smallest absolute Gasteiger partial charge is 0.391 e. The predicted molar refractivity (Wildman–Crippen MR) is 65.7 cm³/mol. The van der Waals surface area contributed by atoms with Crippen LogP contribution >= 0.6 is 34.8 Å². The minimum Gasteiger partial charge on any atom is -0.391 e. The quantitative estimate of drug-likeness (QED) is 0.748. The summed E-state index contributed by atoms with van der Waals surface area (Å²) >= 11 is 17.0. The lowest BCUT2D eigenvalue weighted by molar-refractivity contribution is 0.169. The maximum Gasteiger partial charge on any atom is 0.416 e. The molecule has 0 unspecified atom stereocenters. The van der Waals surface area contributed by atoms with Crippen molar-refractivity contribution in [1.29, 1.82) is 0 Å². The van der Waals surface area contributed by atoms with Crippen LogP contribution in [-0.2, 0) is 3.79 Å². The fraction of sp³-hybridized carbons (Fsp3) is 0.444. The fourth-order valence-corrected chi connectivity index (χ4v) is 1.15. The summed E-state index contributed by atoms with van der Waals surface area (Å²) in [6.45, 7) is 1.68. The third kappa shape index (κ3) is 4.18. The van der Waals surface area contributed by atoms with Gasteiger partial charge in [0.1, 0.15) is 0 Å². The Bertz CT molecular complexity index is 432. The topological polar surface area (TPSA) is 55.3 Å². The number of nitrogens with zero attached hydrogens (tertiary/aromatic N) is 3. The summed E-state index contributed by atoms with van der Waals surface area (Å²) in [6.07, 6.45) is -0.571. The maximum atomic E-state index is 11.3. The average molecular weight is 299 g/mol. The minimum atomic E-state index is -1.76. The van der Waals surface area contributed by atoms with E-state index in [2.05, 4.69) is 9.97 Å². The molecule has 0 N–H and O–H groups in total. The number of ether oxygens (including phenoxy) is 1. The van der Waals surface area contributed by atoms with Crippen LogP contribution in [0.25, 0.3) is 0 Å². The number of hydrogen-bond acceptors (Lipinski definition) is 4. The Balaban J connectivity index is 3.02. The van der Waals surface area contributed by atoms with Gasteiger partial charge in [-0.3, -0.25) is 0 Å². The normalized spacial score (nSPS) is 11.2. The molecule has 0 spiro atoms. The molecule has 0 saturated carbocycles. The second-order valence-corrected chi connectivity index (χ2v) is 5.71. The molecule has 0 aliphatic rings. The molecule has 0 bridgehead atoms. The van der Waals surface area contributed by atoms with E-state index in [0.717, 1.165) is 0 Å². The van der Waals surface area contributed by atoms with Gasteiger partial charge in [0.2, 0.25) is 9.67 Å². The number of carbonyl (C=O) groups excluding carboxylic acids is 1. The molecule has 1 heterocycles. The first-order valence-electron chi connectivity index (χ1n) is 4.52. The fourth-order valence-electron chi connectivity index (χ4n) is 0.899. The summed E-state index contributed by atoms with van der Waals surface area (Å²) in [5.74, 6) is 0.00146. The van der Waals surface area contributed by atoms with Gasteiger partial charge in [0.25, 0.3) is 0 Å². The Hall–Kier alpha value is -0.780. The van der Waals surface area contributed by atoms with E-state index in [1.807, 2.05) is 0 Å². The number of halogens is 3. The third-order valence-corrected chi connectivity index (χ3v) is 2.15. The van der Waals surface area contributed by atoms with E-state index in [-0.39, 0.29) is 11.7 Å². The first kappa shape index (κ1) is 14.3. The number of amides is 1. The molecule has 0 aromatic carbocycles. The highest BCUT2D eigenvalue weighted by molar-refractivity contribution is 6.66. The molecule has 0 fully saturated rings. The Morgan fingerprint density at radius 2 is 1.94 bits per heavy atom. The first-order chi connectivity index (χ1) is 7.70. The minimum absolute atomic E-state index is 0.0379. The third-order valence-electron chi connectivity index (χ3n) is 1.64. The SMILES string of the molecule is Cc1cc(OC(=O)N(C)C)nc(C(Cl)(Cl)Cl)n1. The van der Waals surface area contributed by atoms with E-state index in [9.17, 15) is 4.79 Å². The van der Waals surface area contributed by atoms with Crippen molar-refractivity contribution in [3.05, 3.63) is 17.6 Å². The number of aromatic nitrogens is 2. The van der Waals surface area contributed by atoms with Crippen molar-refractivity contribution in [3.8, 4) is 5.88 Å². The van der Waals surface area contributed by atoms with Gasteiger partial charge >= 0.3 is 6.09 Å². The van der Waals surface area contributed by atoms with Crippen molar-refractivity contribution >= 4 is 40.9 Å². The summed E-state index contributed by atoms with van der Waals surface area (Å²) in [5.41, 5.74) is 0.530. The van der Waals surface area contributed by atoms with Crippen molar-refractivity contribution in [1.82, 2.24) is 14.9 Å². The van der Waals surface area contributed by atoms with Crippen LogP contribution in [0.5, 0.6) is 5.88 Å². The highest BCUT2D eigenvalue weighted by Crippen LogP contribution is 2.36. The van der Waals surface area contributed by atoms with Gasteiger partial charge in [0.15, 0.2) is 5.82 Å². The van der Waals surface area contributed by atoms with Crippen LogP contribution in [0.1, 0.15) is 11.5 Å². The molecular formula is C9H10Cl3N3O2. The van der Waals surface area contributed by atoms with Crippen LogP contribution in [0.15, 0.2) is 6.07 Å². The second-order valence-electron chi connectivity index (χ2n) is 3.43. The number of alkyl halides is 3. The molecule has 1 rings (SSSR count). The summed E-state index contributed by atoms with van der Waals surface area (Å²) in [5, 5.41) is 0. The zero-order valence-corrected chi connectivity index (χ0v) is 11.6. The van der Waals surface area contributed by atoms with Gasteiger partial charge in [-0.05, 0) is 6.92 Å². The standard InChI is InChI=1S/C9H10Cl3N3O2/c1-5-4-6(17-8(16)15(2)3)14-7(13-5)9(10,11)12/h4H,1-3H3. The molecule has 1 amide bonds. The van der Waals surface area contributed by atoms with Gasteiger partial charge in [-0.2, -0.15) is 4.98 Å². The summed E-state index contributed by atoms with van der Waals surface area (Å²) < 4.78 is 3.19. The van der Waals surface area contributed by atoms with Gasteiger partial charge in [-0.15, -0.1) is 0 Å². The molecule has 0 aliphatic heterocycles. The lowest BCUT2D eigenvalue weighted by Gasteiger charge is -2.13. The van der Waals surface area contributed by atoms with E-state index in [0.29, 0.717) is 5.69 Å². The van der Waals surface area contributed by atoms with Gasteiger partial charge in [-0.25, -0.2) is 9.78 Å². The van der Waals surface area contributed by atoms with Gasteiger partial charge in [0, 0.05) is 25.9 Å². The Morgan fingerprint density at radius 1 is 1.35 bits per heavy atom. The number of hydrogen-bond donors (Lipinski definition) is 0. The van der Waals surface area contributed by atoms with Crippen molar-refractivity contribution in [2.24, 2.45) is 0 Å². The number of aryl methyl sites for hydroxylation is 1. The van der Waals surface area contributed by atoms with Crippen molar-refractivity contribution < 1.29 is 9.53 Å². The van der Waals surface area contributed by atoms with Gasteiger partial charge < -0.3 is 9.64 Å². The van der Waals surface area contributed by atoms with E-state index >= 15 is 0 Å². The second kappa shape index (κ2) is 5.25. The highest BCUT2D eigenvalue weighted by atomic mass is 35.6. The highest BCUT2D eigenvalue weighted by Gasteiger charge is 2.28.